The fourth-order valence-electron chi connectivity index (χ4n) is 3.26. The molecule has 0 amide bonds. The van der Waals surface area contributed by atoms with Crippen molar-refractivity contribution in [3.05, 3.63) is 94.5 Å². The highest BCUT2D eigenvalue weighted by molar-refractivity contribution is 7.85. The molecule has 0 saturated heterocycles. The summed E-state index contributed by atoms with van der Waals surface area (Å²) in [6.45, 7) is 6.02. The molecular weight excluding hydrogens is 328 g/mol. The van der Waals surface area contributed by atoms with Crippen molar-refractivity contribution in [2.24, 2.45) is 0 Å². The molecule has 0 aromatic heterocycles. The number of rotatable bonds is 4. The highest BCUT2D eigenvalue weighted by Crippen LogP contribution is 2.31. The van der Waals surface area contributed by atoms with E-state index in [0.717, 1.165) is 27.1 Å². The van der Waals surface area contributed by atoms with E-state index in [1.807, 2.05) is 75.4 Å². The van der Waals surface area contributed by atoms with Gasteiger partial charge in [-0.3, -0.25) is 0 Å². The molecule has 25 heavy (non-hydrogen) atoms. The van der Waals surface area contributed by atoms with Gasteiger partial charge in [0.05, 0.1) is 10.8 Å². The van der Waals surface area contributed by atoms with Crippen LogP contribution < -0.4 is 0 Å². The summed E-state index contributed by atoms with van der Waals surface area (Å²) in [5.41, 5.74) is 4.67. The third-order valence-corrected chi connectivity index (χ3v) is 6.10. The zero-order valence-corrected chi connectivity index (χ0v) is 15.5. The predicted octanol–water partition coefficient (Wildman–Crippen LogP) is 4.86. The predicted molar refractivity (Wildman–Crippen MR) is 102 cm³/mol. The molecule has 0 aliphatic heterocycles. The Bertz CT molecular complexity index is 893. The molecule has 1 unspecified atom stereocenters. The number of hydrogen-bond donors (Lipinski definition) is 1. The van der Waals surface area contributed by atoms with Gasteiger partial charge in [-0.1, -0.05) is 66.2 Å². The van der Waals surface area contributed by atoms with Crippen LogP contribution in [0.1, 0.15) is 33.9 Å². The quantitative estimate of drug-likeness (QED) is 0.729. The molecule has 0 bridgehead atoms. The van der Waals surface area contributed by atoms with Crippen molar-refractivity contribution in [2.75, 3.05) is 0 Å². The van der Waals surface area contributed by atoms with Crippen LogP contribution in [-0.2, 0) is 10.8 Å². The van der Waals surface area contributed by atoms with E-state index in [4.69, 9.17) is 0 Å². The fourth-order valence-corrected chi connectivity index (χ4v) is 4.78. The summed E-state index contributed by atoms with van der Waals surface area (Å²) in [6, 6.07) is 21.0. The average molecular weight is 350 g/mol. The smallest absolute Gasteiger partial charge is 0.105 e. The van der Waals surface area contributed by atoms with Gasteiger partial charge in [0.2, 0.25) is 0 Å². The molecule has 2 atom stereocenters. The molecule has 3 aromatic rings. The average Bonchev–Trinajstić information content (AvgIpc) is 2.61. The van der Waals surface area contributed by atoms with Crippen molar-refractivity contribution in [2.45, 2.75) is 36.7 Å². The van der Waals surface area contributed by atoms with E-state index in [1.165, 1.54) is 0 Å². The van der Waals surface area contributed by atoms with Gasteiger partial charge in [-0.25, -0.2) is 4.21 Å². The van der Waals surface area contributed by atoms with Crippen LogP contribution in [0, 0.1) is 20.8 Å². The highest BCUT2D eigenvalue weighted by Gasteiger charge is 2.21. The Balaban J connectivity index is 2.09. The standard InChI is InChI=1S/C22H22O2S/c1-15-13-16(2)22(17(3)14-15)25(24)20-12-8-7-11-19(20)21(23)18-9-5-4-6-10-18/h4-14,21,23H,1-3H3/t21-,25?/m1/s1. The summed E-state index contributed by atoms with van der Waals surface area (Å²) in [5.74, 6) is 0. The zero-order valence-electron chi connectivity index (χ0n) is 14.7. The SMILES string of the molecule is Cc1cc(C)c(S(=O)c2ccccc2[C@H](O)c2ccccc2)c(C)c1. The van der Waals surface area contributed by atoms with E-state index in [0.29, 0.717) is 10.5 Å². The van der Waals surface area contributed by atoms with E-state index in [1.54, 1.807) is 0 Å². The van der Waals surface area contributed by atoms with E-state index in [9.17, 15) is 9.32 Å². The highest BCUT2D eigenvalue weighted by atomic mass is 32.2. The van der Waals surface area contributed by atoms with Gasteiger partial charge in [0.15, 0.2) is 0 Å². The normalized spacial score (nSPS) is 13.4. The maximum atomic E-state index is 13.4. The van der Waals surface area contributed by atoms with E-state index < -0.39 is 16.9 Å². The largest absolute Gasteiger partial charge is 0.384 e. The molecule has 0 saturated carbocycles. The first-order chi connectivity index (χ1) is 12.0. The molecule has 128 valence electrons. The van der Waals surface area contributed by atoms with Crippen molar-refractivity contribution >= 4 is 10.8 Å². The van der Waals surface area contributed by atoms with Crippen LogP contribution >= 0.6 is 0 Å². The molecule has 3 rings (SSSR count). The molecule has 2 nitrogen and oxygen atoms in total. The summed E-state index contributed by atoms with van der Waals surface area (Å²) in [6.07, 6.45) is -0.799. The molecular formula is C22H22O2S. The molecule has 3 aromatic carbocycles. The van der Waals surface area contributed by atoms with Crippen molar-refractivity contribution in [3.8, 4) is 0 Å². The Hall–Kier alpha value is -2.23. The monoisotopic (exact) mass is 350 g/mol. The fraction of sp³-hybridized carbons (Fsp3) is 0.182. The number of aryl methyl sites for hydroxylation is 3. The molecule has 3 heteroatoms. The minimum atomic E-state index is -1.34. The van der Waals surface area contributed by atoms with Crippen molar-refractivity contribution in [1.29, 1.82) is 0 Å². The van der Waals surface area contributed by atoms with Crippen LogP contribution in [0.25, 0.3) is 0 Å². The van der Waals surface area contributed by atoms with E-state index in [2.05, 4.69) is 12.1 Å². The number of aliphatic hydroxyl groups is 1. The summed E-state index contributed by atoms with van der Waals surface area (Å²) in [5, 5.41) is 10.8. The lowest BCUT2D eigenvalue weighted by Crippen LogP contribution is -2.07. The number of benzene rings is 3. The Morgan fingerprint density at radius 1 is 0.840 bits per heavy atom. The van der Waals surface area contributed by atoms with Crippen molar-refractivity contribution in [3.63, 3.8) is 0 Å². The first kappa shape index (κ1) is 17.6. The van der Waals surface area contributed by atoms with Crippen LogP contribution in [0.5, 0.6) is 0 Å². The maximum absolute atomic E-state index is 13.4. The molecule has 0 radical (unpaired) electrons. The lowest BCUT2D eigenvalue weighted by molar-refractivity contribution is 0.217. The van der Waals surface area contributed by atoms with E-state index in [-0.39, 0.29) is 0 Å². The zero-order chi connectivity index (χ0) is 18.0. The molecule has 0 aliphatic rings. The molecule has 0 aliphatic carbocycles. The second-order valence-corrected chi connectivity index (χ2v) is 7.73. The first-order valence-electron chi connectivity index (χ1n) is 8.30. The second-order valence-electron chi connectivity index (χ2n) is 6.35. The van der Waals surface area contributed by atoms with Gasteiger partial charge in [0.25, 0.3) is 0 Å². The summed E-state index contributed by atoms with van der Waals surface area (Å²) in [4.78, 5) is 1.49. The third kappa shape index (κ3) is 3.58. The van der Waals surface area contributed by atoms with Gasteiger partial charge < -0.3 is 5.11 Å². The summed E-state index contributed by atoms with van der Waals surface area (Å²) in [7, 11) is -1.34. The first-order valence-corrected chi connectivity index (χ1v) is 9.45. The second kappa shape index (κ2) is 7.34. The minimum absolute atomic E-state index is 0.661. The van der Waals surface area contributed by atoms with Gasteiger partial charge in [0.1, 0.15) is 6.10 Å². The minimum Gasteiger partial charge on any atom is -0.384 e. The van der Waals surface area contributed by atoms with Crippen molar-refractivity contribution < 1.29 is 9.32 Å². The van der Waals surface area contributed by atoms with Gasteiger partial charge in [0, 0.05) is 15.4 Å². The van der Waals surface area contributed by atoms with Gasteiger partial charge in [-0.2, -0.15) is 0 Å². The third-order valence-electron chi connectivity index (χ3n) is 4.32. The van der Waals surface area contributed by atoms with Crippen LogP contribution in [0.2, 0.25) is 0 Å². The lowest BCUT2D eigenvalue weighted by atomic mass is 10.0. The number of hydrogen-bond acceptors (Lipinski definition) is 2. The summed E-state index contributed by atoms with van der Waals surface area (Å²) < 4.78 is 13.4. The van der Waals surface area contributed by atoms with Crippen LogP contribution in [0.15, 0.2) is 76.5 Å². The van der Waals surface area contributed by atoms with Gasteiger partial charge in [-0.15, -0.1) is 0 Å². The number of aliphatic hydroxyl groups excluding tert-OH is 1. The maximum Gasteiger partial charge on any atom is 0.105 e. The Morgan fingerprint density at radius 2 is 1.40 bits per heavy atom. The Morgan fingerprint density at radius 3 is 2.04 bits per heavy atom. The van der Waals surface area contributed by atoms with Crippen LogP contribution in [-0.4, -0.2) is 9.32 Å². The van der Waals surface area contributed by atoms with Gasteiger partial charge in [-0.05, 0) is 43.5 Å². The summed E-state index contributed by atoms with van der Waals surface area (Å²) >= 11 is 0. The molecule has 0 fully saturated rings. The van der Waals surface area contributed by atoms with Crippen molar-refractivity contribution in [1.82, 2.24) is 0 Å². The van der Waals surface area contributed by atoms with E-state index >= 15 is 0 Å². The molecule has 0 spiro atoms. The Labute approximate surface area is 151 Å². The molecule has 1 N–H and O–H groups in total. The topological polar surface area (TPSA) is 37.3 Å². The van der Waals surface area contributed by atoms with Gasteiger partial charge >= 0.3 is 0 Å². The van der Waals surface area contributed by atoms with Crippen LogP contribution in [0.3, 0.4) is 0 Å². The molecule has 0 heterocycles. The van der Waals surface area contributed by atoms with Crippen LogP contribution in [0.4, 0.5) is 0 Å². The lowest BCUT2D eigenvalue weighted by Gasteiger charge is -2.17. The Kier molecular flexibility index (Phi) is 5.16.